The molecular weight excluding hydrogens is 371 g/mol. The van der Waals surface area contributed by atoms with E-state index >= 15 is 0 Å². The number of carbonyl (C=O) groups is 2. The normalized spacial score (nSPS) is 15.3. The van der Waals surface area contributed by atoms with Gasteiger partial charge in [-0.05, 0) is 29.8 Å². The van der Waals surface area contributed by atoms with Crippen molar-refractivity contribution in [3.05, 3.63) is 65.0 Å². The zero-order chi connectivity index (χ0) is 19.4. The van der Waals surface area contributed by atoms with Crippen molar-refractivity contribution in [2.24, 2.45) is 0 Å². The minimum absolute atomic E-state index is 0.173. The van der Waals surface area contributed by atoms with Gasteiger partial charge in [0.05, 0.1) is 6.54 Å². The van der Waals surface area contributed by atoms with E-state index < -0.39 is 6.17 Å². The average Bonchev–Trinajstić information content (AvgIpc) is 3.17. The summed E-state index contributed by atoms with van der Waals surface area (Å²) < 4.78 is 15.0. The minimum Gasteiger partial charge on any atom is -0.351 e. The topological polar surface area (TPSA) is 67.2 Å². The number of rotatable bonds is 7. The summed E-state index contributed by atoms with van der Waals surface area (Å²) in [5, 5.41) is 7.47. The first-order chi connectivity index (χ1) is 13.0. The van der Waals surface area contributed by atoms with E-state index in [1.165, 1.54) is 10.8 Å². The van der Waals surface area contributed by atoms with E-state index in [9.17, 15) is 14.0 Å². The number of alkyl halides is 1. The summed E-state index contributed by atoms with van der Waals surface area (Å²) in [5.41, 5.74) is 1.85. The van der Waals surface area contributed by atoms with Crippen molar-refractivity contribution in [2.45, 2.75) is 25.7 Å². The van der Waals surface area contributed by atoms with Crippen LogP contribution >= 0.6 is 11.6 Å². The van der Waals surface area contributed by atoms with Gasteiger partial charge in [-0.1, -0.05) is 30.3 Å². The van der Waals surface area contributed by atoms with Gasteiger partial charge in [-0.15, -0.1) is 0 Å². The summed E-state index contributed by atoms with van der Waals surface area (Å²) in [6.45, 7) is 4.46. The lowest BCUT2D eigenvalue weighted by molar-refractivity contribution is -0.116. The largest absolute Gasteiger partial charge is 0.351 e. The zero-order valence-electron chi connectivity index (χ0n) is 14.7. The van der Waals surface area contributed by atoms with Crippen LogP contribution in [0.15, 0.2) is 43.0 Å². The Morgan fingerprint density at radius 3 is 2.96 bits per heavy atom. The van der Waals surface area contributed by atoms with Crippen molar-refractivity contribution in [3.63, 3.8) is 0 Å². The fourth-order valence-electron chi connectivity index (χ4n) is 3.02. The third-order valence-corrected chi connectivity index (χ3v) is 4.54. The molecule has 1 unspecified atom stereocenters. The van der Waals surface area contributed by atoms with Gasteiger partial charge < -0.3 is 10.2 Å². The minimum atomic E-state index is -0.951. The molecule has 0 radical (unpaired) electrons. The Bertz CT molecular complexity index is 844. The summed E-state index contributed by atoms with van der Waals surface area (Å²) in [5.74, 6) is -0.583. The van der Waals surface area contributed by atoms with Gasteiger partial charge in [0, 0.05) is 36.8 Å². The van der Waals surface area contributed by atoms with Crippen LogP contribution in [0.25, 0.3) is 0 Å². The first-order valence-electron chi connectivity index (χ1n) is 8.61. The molecule has 27 heavy (non-hydrogen) atoms. The van der Waals surface area contributed by atoms with Crippen molar-refractivity contribution >= 4 is 23.4 Å². The number of nitrogens with one attached hydrogen (secondary N) is 1. The number of aromatic nitrogens is 2. The van der Waals surface area contributed by atoms with Crippen LogP contribution in [0.5, 0.6) is 0 Å². The second-order valence-electron chi connectivity index (χ2n) is 6.36. The summed E-state index contributed by atoms with van der Waals surface area (Å²) in [6.07, 6.45) is 0.494. The predicted octanol–water partition coefficient (Wildman–Crippen LogP) is 2.38. The molecule has 1 aromatic heterocycles. The van der Waals surface area contributed by atoms with Crippen LogP contribution in [0.1, 0.15) is 21.7 Å². The monoisotopic (exact) mass is 390 g/mol. The van der Waals surface area contributed by atoms with E-state index in [1.54, 1.807) is 23.1 Å². The summed E-state index contributed by atoms with van der Waals surface area (Å²) in [6, 6.07) is 8.86. The van der Waals surface area contributed by atoms with Crippen LogP contribution in [0.4, 0.5) is 4.39 Å². The Morgan fingerprint density at radius 1 is 1.44 bits per heavy atom. The Labute approximate surface area is 161 Å². The first kappa shape index (κ1) is 19.1. The number of fused-ring (bicyclic) bond motifs is 1. The first-order valence-corrected chi connectivity index (χ1v) is 8.99. The molecule has 0 spiro atoms. The number of halogens is 2. The maximum Gasteiger partial charge on any atom is 0.274 e. The number of hydrogen-bond donors (Lipinski definition) is 1. The van der Waals surface area contributed by atoms with Crippen LogP contribution in [0, 0.1) is 0 Å². The van der Waals surface area contributed by atoms with E-state index in [4.69, 9.17) is 11.6 Å². The molecule has 1 N–H and O–H groups in total. The van der Waals surface area contributed by atoms with Crippen LogP contribution in [-0.2, 0) is 24.3 Å². The second-order valence-corrected chi connectivity index (χ2v) is 6.79. The van der Waals surface area contributed by atoms with Gasteiger partial charge in [0.25, 0.3) is 5.91 Å². The predicted molar refractivity (Wildman–Crippen MR) is 100 cm³/mol. The fraction of sp³-hybridized carbons (Fsp3) is 0.316. The van der Waals surface area contributed by atoms with Gasteiger partial charge >= 0.3 is 0 Å². The molecule has 1 aliphatic heterocycles. The number of amides is 2. The molecule has 2 aromatic rings. The van der Waals surface area contributed by atoms with E-state index in [0.29, 0.717) is 23.8 Å². The standard InChI is InChI=1S/C19H20ClFN4O2/c1-2-18(26)22-6-7-24(11-13-4-3-5-14(20)8-13)19(27)17-10-16-9-15(21)12-25(16)23-17/h2-5,8,10,15H,1,6-7,9,11-12H2,(H,22,26). The highest BCUT2D eigenvalue weighted by atomic mass is 35.5. The van der Waals surface area contributed by atoms with E-state index in [1.807, 2.05) is 12.1 Å². The Morgan fingerprint density at radius 2 is 2.26 bits per heavy atom. The molecule has 3 rings (SSSR count). The lowest BCUT2D eigenvalue weighted by Gasteiger charge is -2.22. The van der Waals surface area contributed by atoms with E-state index in [-0.39, 0.29) is 37.0 Å². The Hall–Kier alpha value is -2.67. The zero-order valence-corrected chi connectivity index (χ0v) is 15.5. The molecular formula is C19H20ClFN4O2. The van der Waals surface area contributed by atoms with Crippen molar-refractivity contribution in [1.29, 1.82) is 0 Å². The van der Waals surface area contributed by atoms with E-state index in [0.717, 1.165) is 5.56 Å². The molecule has 142 valence electrons. The highest BCUT2D eigenvalue weighted by Gasteiger charge is 2.26. The number of benzene rings is 1. The SMILES string of the molecule is C=CC(=O)NCCN(Cc1cccc(Cl)c1)C(=O)c1cc2n(n1)CC(F)C2. The van der Waals surface area contributed by atoms with Gasteiger partial charge in [0.15, 0.2) is 5.69 Å². The molecule has 0 bridgehead atoms. The smallest absolute Gasteiger partial charge is 0.274 e. The number of hydrogen-bond acceptors (Lipinski definition) is 3. The Balaban J connectivity index is 1.75. The molecule has 2 amide bonds. The number of nitrogens with zero attached hydrogens (tertiary/aromatic N) is 3. The quantitative estimate of drug-likeness (QED) is 0.738. The van der Waals surface area contributed by atoms with Crippen molar-refractivity contribution in [2.75, 3.05) is 13.1 Å². The van der Waals surface area contributed by atoms with Crippen LogP contribution in [0.2, 0.25) is 5.02 Å². The van der Waals surface area contributed by atoms with Crippen LogP contribution < -0.4 is 5.32 Å². The maximum atomic E-state index is 13.4. The molecule has 0 saturated carbocycles. The van der Waals surface area contributed by atoms with Crippen LogP contribution in [-0.4, -0.2) is 45.8 Å². The molecule has 6 nitrogen and oxygen atoms in total. The maximum absolute atomic E-state index is 13.4. The summed E-state index contributed by atoms with van der Waals surface area (Å²) in [4.78, 5) is 25.9. The van der Waals surface area contributed by atoms with Crippen molar-refractivity contribution in [1.82, 2.24) is 20.0 Å². The summed E-state index contributed by atoms with van der Waals surface area (Å²) >= 11 is 6.03. The van der Waals surface area contributed by atoms with Gasteiger partial charge in [0.2, 0.25) is 5.91 Å². The van der Waals surface area contributed by atoms with Crippen LogP contribution in [0.3, 0.4) is 0 Å². The highest BCUT2D eigenvalue weighted by molar-refractivity contribution is 6.30. The number of carbonyl (C=O) groups excluding carboxylic acids is 2. The Kier molecular flexibility index (Phi) is 5.91. The molecule has 0 saturated heterocycles. The van der Waals surface area contributed by atoms with Crippen molar-refractivity contribution < 1.29 is 14.0 Å². The van der Waals surface area contributed by atoms with Gasteiger partial charge in [-0.3, -0.25) is 14.3 Å². The molecule has 2 heterocycles. The van der Waals surface area contributed by atoms with E-state index in [2.05, 4.69) is 17.0 Å². The summed E-state index contributed by atoms with van der Waals surface area (Å²) in [7, 11) is 0. The molecule has 1 aliphatic rings. The molecule has 1 aromatic carbocycles. The second kappa shape index (κ2) is 8.35. The highest BCUT2D eigenvalue weighted by Crippen LogP contribution is 2.20. The van der Waals surface area contributed by atoms with Gasteiger partial charge in [0.1, 0.15) is 6.17 Å². The molecule has 0 fully saturated rings. The third-order valence-electron chi connectivity index (χ3n) is 4.30. The third kappa shape index (κ3) is 4.74. The van der Waals surface area contributed by atoms with Gasteiger partial charge in [-0.2, -0.15) is 5.10 Å². The van der Waals surface area contributed by atoms with Crippen molar-refractivity contribution in [3.8, 4) is 0 Å². The lowest BCUT2D eigenvalue weighted by Crippen LogP contribution is -2.38. The molecule has 1 atom stereocenters. The molecule has 0 aliphatic carbocycles. The fourth-order valence-corrected chi connectivity index (χ4v) is 3.23. The average molecular weight is 391 g/mol. The molecule has 8 heteroatoms. The lowest BCUT2D eigenvalue weighted by atomic mass is 10.2. The van der Waals surface area contributed by atoms with Gasteiger partial charge in [-0.25, -0.2) is 4.39 Å².